The van der Waals surface area contributed by atoms with E-state index < -0.39 is 12.0 Å². The van der Waals surface area contributed by atoms with Gasteiger partial charge in [-0.1, -0.05) is 30.3 Å². The van der Waals surface area contributed by atoms with Gasteiger partial charge in [0, 0.05) is 11.8 Å². The minimum Gasteiger partial charge on any atom is -0.480 e. The van der Waals surface area contributed by atoms with Crippen LogP contribution in [0.1, 0.15) is 24.4 Å². The summed E-state index contributed by atoms with van der Waals surface area (Å²) in [5, 5.41) is 9.69. The van der Waals surface area contributed by atoms with Crippen molar-refractivity contribution in [2.45, 2.75) is 18.9 Å². The van der Waals surface area contributed by atoms with E-state index in [-0.39, 0.29) is 0 Å². The van der Waals surface area contributed by atoms with Crippen molar-refractivity contribution in [3.8, 4) is 11.1 Å². The lowest BCUT2D eigenvalue weighted by atomic mass is 9.95. The molecule has 4 heteroatoms. The smallest absolute Gasteiger partial charge is 0.325 e. The molecule has 4 nitrogen and oxygen atoms in total. The lowest BCUT2D eigenvalue weighted by molar-refractivity contribution is -0.143. The summed E-state index contributed by atoms with van der Waals surface area (Å²) in [6.45, 7) is 1.67. The number of carbonyl (C=O) groups is 1. The standard InChI is InChI=1S/C17H17N2O2/c20-17(21)16(19-10-3-4-11-19)15-8-2-1-7-14(15)13-6-5-9-18-12-13/h1-2,5-9,16H,3-4,10-11H2,(H,20,21). The van der Waals surface area contributed by atoms with Crippen molar-refractivity contribution >= 4 is 5.97 Å². The van der Waals surface area contributed by atoms with Crippen LogP contribution in [0.2, 0.25) is 0 Å². The number of aliphatic carboxylic acids is 1. The average molecular weight is 281 g/mol. The maximum absolute atomic E-state index is 11.8. The molecular weight excluding hydrogens is 264 g/mol. The van der Waals surface area contributed by atoms with Crippen LogP contribution in [-0.2, 0) is 4.79 Å². The topological polar surface area (TPSA) is 53.4 Å². The van der Waals surface area contributed by atoms with Crippen LogP contribution < -0.4 is 0 Å². The number of pyridine rings is 1. The van der Waals surface area contributed by atoms with Crippen molar-refractivity contribution in [3.63, 3.8) is 0 Å². The number of benzene rings is 1. The summed E-state index contributed by atoms with van der Waals surface area (Å²) in [6, 6.07) is 10.8. The van der Waals surface area contributed by atoms with Crippen LogP contribution in [0.3, 0.4) is 0 Å². The molecule has 0 aliphatic carbocycles. The van der Waals surface area contributed by atoms with E-state index in [1.54, 1.807) is 6.20 Å². The molecule has 0 spiro atoms. The minimum atomic E-state index is -0.798. The van der Waals surface area contributed by atoms with Gasteiger partial charge >= 0.3 is 5.97 Å². The minimum absolute atomic E-state index is 0.600. The quantitative estimate of drug-likeness (QED) is 0.936. The first-order valence-electron chi connectivity index (χ1n) is 7.16. The Morgan fingerprint density at radius 2 is 1.95 bits per heavy atom. The summed E-state index contributed by atoms with van der Waals surface area (Å²) in [5.74, 6) is -0.798. The Morgan fingerprint density at radius 3 is 2.62 bits per heavy atom. The van der Waals surface area contributed by atoms with Gasteiger partial charge in [-0.25, -0.2) is 0 Å². The van der Waals surface area contributed by atoms with E-state index in [2.05, 4.69) is 11.2 Å². The van der Waals surface area contributed by atoms with Crippen molar-refractivity contribution in [1.29, 1.82) is 0 Å². The second-order valence-corrected chi connectivity index (χ2v) is 5.23. The lowest BCUT2D eigenvalue weighted by Crippen LogP contribution is -2.32. The third-order valence-electron chi connectivity index (χ3n) is 3.89. The third-order valence-corrected chi connectivity index (χ3v) is 3.89. The molecule has 1 aliphatic rings. The van der Waals surface area contributed by atoms with Crippen molar-refractivity contribution < 1.29 is 9.90 Å². The number of hydrogen-bond donors (Lipinski definition) is 1. The van der Waals surface area contributed by atoms with Gasteiger partial charge in [-0.3, -0.25) is 14.7 Å². The fourth-order valence-electron chi connectivity index (χ4n) is 2.94. The predicted octanol–water partition coefficient (Wildman–Crippen LogP) is 2.77. The molecule has 2 aromatic rings. The van der Waals surface area contributed by atoms with Crippen molar-refractivity contribution in [1.82, 2.24) is 9.88 Å². The van der Waals surface area contributed by atoms with E-state index in [4.69, 9.17) is 0 Å². The zero-order valence-electron chi connectivity index (χ0n) is 11.7. The fourth-order valence-corrected chi connectivity index (χ4v) is 2.94. The maximum atomic E-state index is 11.8. The summed E-state index contributed by atoms with van der Waals surface area (Å²) in [7, 11) is 0. The molecule has 107 valence electrons. The van der Waals surface area contributed by atoms with Crippen LogP contribution in [0.25, 0.3) is 11.1 Å². The second kappa shape index (κ2) is 6.06. The van der Waals surface area contributed by atoms with Crippen molar-refractivity contribution in [2.75, 3.05) is 13.1 Å². The Hall–Kier alpha value is -2.20. The Balaban J connectivity index is 2.06. The van der Waals surface area contributed by atoms with Gasteiger partial charge in [0.2, 0.25) is 0 Å². The number of nitrogens with zero attached hydrogens (tertiary/aromatic N) is 2. The number of rotatable bonds is 4. The van der Waals surface area contributed by atoms with Crippen molar-refractivity contribution in [3.05, 3.63) is 54.4 Å². The molecule has 1 fully saturated rings. The zero-order chi connectivity index (χ0) is 14.7. The van der Waals surface area contributed by atoms with Gasteiger partial charge in [0.25, 0.3) is 0 Å². The van der Waals surface area contributed by atoms with Crippen LogP contribution in [-0.4, -0.2) is 34.0 Å². The monoisotopic (exact) mass is 281 g/mol. The number of carboxylic acids is 1. The van der Waals surface area contributed by atoms with E-state index in [9.17, 15) is 9.90 Å². The van der Waals surface area contributed by atoms with E-state index in [0.717, 1.165) is 42.6 Å². The Kier molecular flexibility index (Phi) is 3.97. The van der Waals surface area contributed by atoms with Crippen LogP contribution >= 0.6 is 0 Å². The number of likely N-dealkylation sites (tertiary alicyclic amines) is 1. The first-order valence-corrected chi connectivity index (χ1v) is 7.16. The molecule has 3 rings (SSSR count). The van der Waals surface area contributed by atoms with Crippen LogP contribution in [0.5, 0.6) is 0 Å². The predicted molar refractivity (Wildman–Crippen MR) is 79.7 cm³/mol. The first-order chi connectivity index (χ1) is 10.3. The van der Waals surface area contributed by atoms with Gasteiger partial charge in [0.15, 0.2) is 0 Å². The number of carboxylic acid groups (broad SMARTS) is 1. The molecule has 21 heavy (non-hydrogen) atoms. The fraction of sp³-hybridized carbons (Fsp3) is 0.294. The molecule has 1 radical (unpaired) electrons. The summed E-state index contributed by atoms with van der Waals surface area (Å²) in [6.07, 6.45) is 6.74. The van der Waals surface area contributed by atoms with E-state index >= 15 is 0 Å². The lowest BCUT2D eigenvalue weighted by Gasteiger charge is -2.26. The summed E-state index contributed by atoms with van der Waals surface area (Å²) < 4.78 is 0. The molecule has 0 saturated carbocycles. The highest BCUT2D eigenvalue weighted by Crippen LogP contribution is 2.32. The molecule has 1 aromatic heterocycles. The maximum Gasteiger partial charge on any atom is 0.325 e. The van der Waals surface area contributed by atoms with Gasteiger partial charge in [0.05, 0.1) is 6.20 Å². The van der Waals surface area contributed by atoms with Gasteiger partial charge in [0.1, 0.15) is 6.04 Å². The average Bonchev–Trinajstić information content (AvgIpc) is 3.02. The molecule has 1 aliphatic heterocycles. The number of aromatic nitrogens is 1. The molecule has 0 amide bonds. The summed E-state index contributed by atoms with van der Waals surface area (Å²) in [4.78, 5) is 17.9. The first kappa shape index (κ1) is 13.8. The Morgan fingerprint density at radius 1 is 1.19 bits per heavy atom. The SMILES string of the molecule is O=C(O)C(c1ccccc1-c1[c]nccc1)N1CCCC1. The highest BCUT2D eigenvalue weighted by Gasteiger charge is 2.31. The molecule has 1 unspecified atom stereocenters. The summed E-state index contributed by atoms with van der Waals surface area (Å²) in [5.41, 5.74) is 2.54. The number of hydrogen-bond acceptors (Lipinski definition) is 3. The molecule has 1 aromatic carbocycles. The van der Waals surface area contributed by atoms with E-state index in [1.807, 2.05) is 41.3 Å². The summed E-state index contributed by atoms with van der Waals surface area (Å²) >= 11 is 0. The largest absolute Gasteiger partial charge is 0.480 e. The van der Waals surface area contributed by atoms with Crippen LogP contribution in [0, 0.1) is 6.20 Å². The molecule has 1 saturated heterocycles. The molecule has 1 N–H and O–H groups in total. The highest BCUT2D eigenvalue weighted by molar-refractivity contribution is 5.80. The molecular formula is C17H17N2O2. The molecule has 2 heterocycles. The Bertz CT molecular complexity index is 622. The molecule has 0 bridgehead atoms. The highest BCUT2D eigenvalue weighted by atomic mass is 16.4. The van der Waals surface area contributed by atoms with Gasteiger partial charge in [-0.15, -0.1) is 0 Å². The Labute approximate surface area is 124 Å². The second-order valence-electron chi connectivity index (χ2n) is 5.23. The van der Waals surface area contributed by atoms with Gasteiger partial charge in [-0.05, 0) is 43.1 Å². The van der Waals surface area contributed by atoms with Gasteiger partial charge in [-0.2, -0.15) is 0 Å². The zero-order valence-corrected chi connectivity index (χ0v) is 11.7. The van der Waals surface area contributed by atoms with Crippen molar-refractivity contribution in [2.24, 2.45) is 0 Å². The van der Waals surface area contributed by atoms with E-state index in [0.29, 0.717) is 0 Å². The third kappa shape index (κ3) is 2.81. The van der Waals surface area contributed by atoms with Gasteiger partial charge < -0.3 is 5.11 Å². The van der Waals surface area contributed by atoms with E-state index in [1.165, 1.54) is 0 Å². The normalized spacial score (nSPS) is 16.8. The van der Waals surface area contributed by atoms with Crippen LogP contribution in [0.4, 0.5) is 0 Å². The van der Waals surface area contributed by atoms with Crippen LogP contribution in [0.15, 0.2) is 42.6 Å². The molecule has 1 atom stereocenters.